The Balaban J connectivity index is 1.28. The van der Waals surface area contributed by atoms with E-state index in [4.69, 9.17) is 10.00 Å². The molecular formula is C29H35N4O3+. The molecular weight excluding hydrogens is 452 g/mol. The van der Waals surface area contributed by atoms with Gasteiger partial charge in [-0.05, 0) is 30.5 Å². The van der Waals surface area contributed by atoms with Gasteiger partial charge in [0.05, 0.1) is 24.1 Å². The summed E-state index contributed by atoms with van der Waals surface area (Å²) < 4.78 is 7.05. The van der Waals surface area contributed by atoms with Crippen molar-refractivity contribution in [1.29, 1.82) is 5.26 Å². The topological polar surface area (TPSA) is 92.1 Å². The van der Waals surface area contributed by atoms with Gasteiger partial charge in [0, 0.05) is 25.0 Å². The van der Waals surface area contributed by atoms with Gasteiger partial charge >= 0.3 is 5.97 Å². The first-order chi connectivity index (χ1) is 17.5. The van der Waals surface area contributed by atoms with E-state index in [1.165, 1.54) is 6.20 Å². The van der Waals surface area contributed by atoms with Crippen LogP contribution in [0.15, 0.2) is 48.7 Å². The number of carbonyl (C=O) groups is 2. The minimum atomic E-state index is -0.562. The first-order valence-corrected chi connectivity index (χ1v) is 13.3. The molecule has 7 nitrogen and oxygen atoms in total. The number of esters is 1. The highest BCUT2D eigenvalue weighted by atomic mass is 16.5. The number of nitrogens with one attached hydrogen (secondary N) is 1. The third kappa shape index (κ3) is 5.01. The van der Waals surface area contributed by atoms with Gasteiger partial charge in [0.1, 0.15) is 18.4 Å². The lowest BCUT2D eigenvalue weighted by Crippen LogP contribution is -2.66. The molecule has 188 valence electrons. The molecule has 2 bridgehead atoms. The fourth-order valence-electron chi connectivity index (χ4n) is 6.55. The highest BCUT2D eigenvalue weighted by Gasteiger charge is 2.51. The van der Waals surface area contributed by atoms with Crippen LogP contribution < -0.4 is 5.32 Å². The third-order valence-electron chi connectivity index (χ3n) is 8.61. The van der Waals surface area contributed by atoms with Crippen molar-refractivity contribution in [3.8, 4) is 6.07 Å². The smallest absolute Gasteiger partial charge is 0.317 e. The zero-order valence-electron chi connectivity index (χ0n) is 20.8. The monoisotopic (exact) mass is 487 g/mol. The van der Waals surface area contributed by atoms with Gasteiger partial charge in [-0.2, -0.15) is 5.26 Å². The number of rotatable bonds is 6. The van der Waals surface area contributed by atoms with Crippen molar-refractivity contribution in [3.05, 3.63) is 59.8 Å². The van der Waals surface area contributed by atoms with Crippen LogP contribution in [-0.4, -0.2) is 53.6 Å². The molecule has 1 N–H and O–H groups in total. The summed E-state index contributed by atoms with van der Waals surface area (Å²) in [5.74, 6) is 0.655. The predicted octanol–water partition coefficient (Wildman–Crippen LogP) is 4.34. The lowest BCUT2D eigenvalue weighted by atomic mass is 9.74. The fraction of sp³-hybridized carbons (Fsp3) is 0.517. The molecule has 4 heterocycles. The van der Waals surface area contributed by atoms with E-state index in [1.807, 2.05) is 24.3 Å². The van der Waals surface area contributed by atoms with Crippen LogP contribution in [0.2, 0.25) is 0 Å². The Hall–Kier alpha value is -3.24. The molecule has 3 saturated heterocycles. The van der Waals surface area contributed by atoms with Gasteiger partial charge in [0.2, 0.25) is 0 Å². The standard InChI is InChI=1S/C29H34N4O3/c30-18-22-10-11-26(31-19-22)32-27(34)21-33-16-12-23(13-17-33)25(20-33)36-28(35)29(14-6-1-2-7-15-29)24-8-4-3-5-9-24/h3-5,8-11,19,23,25H,1-2,6-7,12-17,20-21H2/p+1/t23?,25-,33?/m0/s1. The summed E-state index contributed by atoms with van der Waals surface area (Å²) in [6.07, 6.45) is 9.35. The van der Waals surface area contributed by atoms with Gasteiger partial charge in [0.25, 0.3) is 5.91 Å². The summed E-state index contributed by atoms with van der Waals surface area (Å²) >= 11 is 0. The van der Waals surface area contributed by atoms with Gasteiger partial charge in [-0.25, -0.2) is 4.98 Å². The number of benzene rings is 1. The van der Waals surface area contributed by atoms with Gasteiger partial charge in [-0.15, -0.1) is 0 Å². The van der Waals surface area contributed by atoms with Crippen molar-refractivity contribution in [2.24, 2.45) is 5.92 Å². The molecule has 0 radical (unpaired) electrons. The second-order valence-electron chi connectivity index (χ2n) is 10.9. The fourth-order valence-corrected chi connectivity index (χ4v) is 6.55. The summed E-state index contributed by atoms with van der Waals surface area (Å²) in [5, 5.41) is 11.8. The lowest BCUT2D eigenvalue weighted by Gasteiger charge is -2.52. The van der Waals surface area contributed by atoms with E-state index < -0.39 is 5.41 Å². The molecule has 0 spiro atoms. The van der Waals surface area contributed by atoms with E-state index in [0.717, 1.165) is 70.0 Å². The van der Waals surface area contributed by atoms with Crippen molar-refractivity contribution in [2.45, 2.75) is 62.9 Å². The van der Waals surface area contributed by atoms with Crippen molar-refractivity contribution < 1.29 is 18.8 Å². The average Bonchev–Trinajstić information content (AvgIpc) is 3.17. The number of anilines is 1. The summed E-state index contributed by atoms with van der Waals surface area (Å²) in [5.41, 5.74) is 0.976. The molecule has 1 aromatic heterocycles. The Labute approximate surface area is 213 Å². The maximum atomic E-state index is 13.9. The van der Waals surface area contributed by atoms with Crippen LogP contribution in [0.3, 0.4) is 0 Å². The molecule has 1 atom stereocenters. The normalized spacial score (nSPS) is 26.9. The quantitative estimate of drug-likeness (QED) is 0.372. The Bertz CT molecular complexity index is 1110. The van der Waals surface area contributed by atoms with Crippen molar-refractivity contribution in [2.75, 3.05) is 31.5 Å². The Morgan fingerprint density at radius 3 is 2.42 bits per heavy atom. The van der Waals surface area contributed by atoms with Crippen LogP contribution in [0.4, 0.5) is 5.82 Å². The molecule has 4 aliphatic rings. The summed E-state index contributed by atoms with van der Waals surface area (Å²) in [7, 11) is 0. The van der Waals surface area contributed by atoms with Gasteiger partial charge in [-0.3, -0.25) is 9.59 Å². The van der Waals surface area contributed by atoms with E-state index in [1.54, 1.807) is 12.1 Å². The van der Waals surface area contributed by atoms with Crippen LogP contribution in [0.1, 0.15) is 62.5 Å². The van der Waals surface area contributed by atoms with Crippen LogP contribution >= 0.6 is 0 Å². The number of aromatic nitrogens is 1. The molecule has 4 fully saturated rings. The number of nitrogens with zero attached hydrogens (tertiary/aromatic N) is 3. The molecule has 2 aromatic rings. The van der Waals surface area contributed by atoms with Crippen LogP contribution in [0.25, 0.3) is 0 Å². The number of ether oxygens (including phenoxy) is 1. The van der Waals surface area contributed by atoms with E-state index >= 15 is 0 Å². The molecule has 36 heavy (non-hydrogen) atoms. The van der Waals surface area contributed by atoms with Gasteiger partial charge < -0.3 is 14.5 Å². The minimum absolute atomic E-state index is 0.0706. The van der Waals surface area contributed by atoms with Gasteiger partial charge in [0.15, 0.2) is 12.6 Å². The average molecular weight is 488 g/mol. The number of fused-ring (bicyclic) bond motifs is 3. The van der Waals surface area contributed by atoms with Crippen molar-refractivity contribution in [1.82, 2.24) is 4.98 Å². The number of carbonyl (C=O) groups excluding carboxylic acids is 2. The largest absolute Gasteiger partial charge is 0.455 e. The van der Waals surface area contributed by atoms with E-state index in [9.17, 15) is 9.59 Å². The first kappa shape index (κ1) is 24.5. The molecule has 1 amide bonds. The summed E-state index contributed by atoms with van der Waals surface area (Å²) in [4.78, 5) is 31.0. The van der Waals surface area contributed by atoms with E-state index in [2.05, 4.69) is 22.4 Å². The van der Waals surface area contributed by atoms with Gasteiger partial charge in [-0.1, -0.05) is 56.0 Å². The molecule has 6 rings (SSSR count). The molecule has 1 saturated carbocycles. The summed E-state index contributed by atoms with van der Waals surface area (Å²) in [6.45, 7) is 2.88. The zero-order chi connectivity index (χ0) is 25.0. The number of nitriles is 1. The molecule has 0 unspecified atom stereocenters. The maximum Gasteiger partial charge on any atom is 0.317 e. The Morgan fingerprint density at radius 1 is 1.06 bits per heavy atom. The number of pyridine rings is 1. The predicted molar refractivity (Wildman–Crippen MR) is 136 cm³/mol. The zero-order valence-corrected chi connectivity index (χ0v) is 20.8. The van der Waals surface area contributed by atoms with Crippen LogP contribution in [0, 0.1) is 17.2 Å². The minimum Gasteiger partial charge on any atom is -0.455 e. The number of quaternary nitrogens is 1. The first-order valence-electron chi connectivity index (χ1n) is 13.3. The Morgan fingerprint density at radius 2 is 1.78 bits per heavy atom. The van der Waals surface area contributed by atoms with E-state index in [0.29, 0.717) is 34.9 Å². The molecule has 3 aliphatic heterocycles. The molecule has 1 aromatic carbocycles. The van der Waals surface area contributed by atoms with Crippen LogP contribution in [0.5, 0.6) is 0 Å². The number of hydrogen-bond acceptors (Lipinski definition) is 5. The van der Waals surface area contributed by atoms with Crippen LogP contribution in [-0.2, 0) is 19.7 Å². The number of piperidine rings is 3. The molecule has 1 aliphatic carbocycles. The number of amides is 1. The second-order valence-corrected chi connectivity index (χ2v) is 10.9. The van der Waals surface area contributed by atoms with Crippen molar-refractivity contribution in [3.63, 3.8) is 0 Å². The SMILES string of the molecule is N#Cc1ccc(NC(=O)C[N+]23CCC(CC2)[C@@H](OC(=O)C2(c4ccccc4)CCCCCC2)C3)nc1. The highest BCUT2D eigenvalue weighted by molar-refractivity contribution is 5.90. The van der Waals surface area contributed by atoms with Crippen molar-refractivity contribution >= 4 is 17.7 Å². The summed E-state index contributed by atoms with van der Waals surface area (Å²) in [6, 6.07) is 15.5. The maximum absolute atomic E-state index is 13.9. The third-order valence-corrected chi connectivity index (χ3v) is 8.61. The Kier molecular flexibility index (Phi) is 7.06. The second kappa shape index (κ2) is 10.4. The van der Waals surface area contributed by atoms with E-state index in [-0.39, 0.29) is 18.0 Å². The lowest BCUT2D eigenvalue weighted by molar-refractivity contribution is -0.939. The highest BCUT2D eigenvalue weighted by Crippen LogP contribution is 2.42. The number of hydrogen-bond donors (Lipinski definition) is 1. The molecule has 7 heteroatoms.